The minimum Gasteiger partial charge on any atom is -0.308 e. The Morgan fingerprint density at radius 1 is 0.526 bits per heavy atom. The second-order valence-electron chi connectivity index (χ2n) is 8.97. The topological polar surface area (TPSA) is 56.5 Å². The van der Waals surface area contributed by atoms with Crippen LogP contribution >= 0.6 is 15.9 Å². The fourth-order valence-corrected chi connectivity index (χ4v) is 5.22. The van der Waals surface area contributed by atoms with E-state index < -0.39 is 0 Å². The SMILES string of the molecule is Brc1ccc2c3ncccc3n(-c3ccc(-c4cc(-c5ccccn5)nc(-c5ccccn5)c4)cc3)c2c1. The zero-order valence-electron chi connectivity index (χ0n) is 20.2. The van der Waals surface area contributed by atoms with E-state index in [-0.39, 0.29) is 0 Å². The third-order valence-electron chi connectivity index (χ3n) is 6.62. The molecule has 38 heavy (non-hydrogen) atoms. The molecule has 0 N–H and O–H groups in total. The molecule has 180 valence electrons. The summed E-state index contributed by atoms with van der Waals surface area (Å²) >= 11 is 3.64. The van der Waals surface area contributed by atoms with Gasteiger partial charge >= 0.3 is 0 Å². The van der Waals surface area contributed by atoms with Gasteiger partial charge in [0.05, 0.1) is 39.3 Å². The second-order valence-corrected chi connectivity index (χ2v) is 9.89. The summed E-state index contributed by atoms with van der Waals surface area (Å²) in [4.78, 5) is 18.6. The van der Waals surface area contributed by atoms with Crippen molar-refractivity contribution in [1.29, 1.82) is 0 Å². The molecule has 6 heteroatoms. The van der Waals surface area contributed by atoms with E-state index in [9.17, 15) is 0 Å². The van der Waals surface area contributed by atoms with Gasteiger partial charge in [-0.05, 0) is 90.0 Å². The van der Waals surface area contributed by atoms with Crippen LogP contribution in [0.15, 0.2) is 126 Å². The molecule has 2 aromatic carbocycles. The van der Waals surface area contributed by atoms with Gasteiger partial charge in [-0.2, -0.15) is 0 Å². The fraction of sp³-hybridized carbons (Fsp3) is 0. The largest absolute Gasteiger partial charge is 0.308 e. The quantitative estimate of drug-likeness (QED) is 0.221. The van der Waals surface area contributed by atoms with Crippen LogP contribution in [0.3, 0.4) is 0 Å². The Morgan fingerprint density at radius 2 is 1.21 bits per heavy atom. The molecule has 0 aliphatic carbocycles. The Balaban J connectivity index is 1.37. The molecule has 0 saturated heterocycles. The molecule has 0 radical (unpaired) electrons. The Labute approximate surface area is 227 Å². The van der Waals surface area contributed by atoms with Crippen LogP contribution in [-0.4, -0.2) is 24.5 Å². The fourth-order valence-electron chi connectivity index (χ4n) is 4.87. The van der Waals surface area contributed by atoms with Gasteiger partial charge in [0.25, 0.3) is 0 Å². The molecule has 0 fully saturated rings. The van der Waals surface area contributed by atoms with E-state index in [0.717, 1.165) is 66.0 Å². The lowest BCUT2D eigenvalue weighted by atomic mass is 10.0. The summed E-state index contributed by atoms with van der Waals surface area (Å²) in [5.41, 5.74) is 9.67. The minimum absolute atomic E-state index is 0.811. The molecular formula is C32H20BrN5. The number of hydrogen-bond acceptors (Lipinski definition) is 4. The Kier molecular flexibility index (Phi) is 5.52. The predicted molar refractivity (Wildman–Crippen MR) is 156 cm³/mol. The summed E-state index contributed by atoms with van der Waals surface area (Å²) in [6.45, 7) is 0. The van der Waals surface area contributed by atoms with Gasteiger partial charge in [-0.3, -0.25) is 15.0 Å². The van der Waals surface area contributed by atoms with Gasteiger partial charge in [0.15, 0.2) is 0 Å². The van der Waals surface area contributed by atoms with E-state index in [2.05, 4.69) is 96.1 Å². The van der Waals surface area contributed by atoms with E-state index in [4.69, 9.17) is 4.98 Å². The summed E-state index contributed by atoms with van der Waals surface area (Å²) in [6.07, 6.45) is 5.43. The van der Waals surface area contributed by atoms with E-state index in [1.54, 1.807) is 12.4 Å². The number of rotatable bonds is 4. The van der Waals surface area contributed by atoms with Gasteiger partial charge in [-0.25, -0.2) is 4.98 Å². The normalized spacial score (nSPS) is 11.3. The predicted octanol–water partition coefficient (Wildman–Crippen LogP) is 8.13. The summed E-state index contributed by atoms with van der Waals surface area (Å²) in [6, 6.07) is 35.0. The third-order valence-corrected chi connectivity index (χ3v) is 7.12. The molecule has 0 saturated carbocycles. The van der Waals surface area contributed by atoms with E-state index in [1.165, 1.54) is 0 Å². The highest BCUT2D eigenvalue weighted by Crippen LogP contribution is 2.34. The van der Waals surface area contributed by atoms with E-state index in [0.29, 0.717) is 0 Å². The number of nitrogens with zero attached hydrogens (tertiary/aromatic N) is 5. The summed E-state index contributed by atoms with van der Waals surface area (Å²) in [7, 11) is 0. The highest BCUT2D eigenvalue weighted by molar-refractivity contribution is 9.10. The van der Waals surface area contributed by atoms with Crippen LogP contribution in [0.25, 0.3) is 61.5 Å². The lowest BCUT2D eigenvalue weighted by Gasteiger charge is -2.11. The van der Waals surface area contributed by atoms with Crippen molar-refractivity contribution >= 4 is 37.9 Å². The first kappa shape index (κ1) is 22.5. The molecule has 0 spiro atoms. The second kappa shape index (κ2) is 9.32. The summed E-state index contributed by atoms with van der Waals surface area (Å²) in [5, 5.41) is 1.13. The van der Waals surface area contributed by atoms with Crippen molar-refractivity contribution in [3.8, 4) is 39.6 Å². The number of fused-ring (bicyclic) bond motifs is 3. The summed E-state index contributed by atoms with van der Waals surface area (Å²) in [5.74, 6) is 0. The maximum atomic E-state index is 4.89. The lowest BCUT2D eigenvalue weighted by molar-refractivity contribution is 1.17. The molecule has 0 aliphatic heterocycles. The van der Waals surface area contributed by atoms with E-state index in [1.807, 2.05) is 48.7 Å². The molecule has 0 atom stereocenters. The van der Waals surface area contributed by atoms with Crippen LogP contribution in [0.1, 0.15) is 0 Å². The van der Waals surface area contributed by atoms with Crippen LogP contribution < -0.4 is 0 Å². The molecule has 5 heterocycles. The van der Waals surface area contributed by atoms with Crippen molar-refractivity contribution in [3.05, 3.63) is 126 Å². The molecule has 5 aromatic heterocycles. The Morgan fingerprint density at radius 3 is 1.87 bits per heavy atom. The van der Waals surface area contributed by atoms with Gasteiger partial charge in [0, 0.05) is 34.1 Å². The van der Waals surface area contributed by atoms with Crippen molar-refractivity contribution in [3.63, 3.8) is 0 Å². The molecule has 7 rings (SSSR count). The van der Waals surface area contributed by atoms with Gasteiger partial charge < -0.3 is 4.57 Å². The minimum atomic E-state index is 0.811. The Bertz CT molecular complexity index is 1860. The maximum absolute atomic E-state index is 4.89. The number of benzene rings is 2. The van der Waals surface area contributed by atoms with Crippen molar-refractivity contribution in [2.45, 2.75) is 0 Å². The smallest absolute Gasteiger partial charge is 0.0963 e. The molecule has 0 unspecified atom stereocenters. The molecule has 0 amide bonds. The van der Waals surface area contributed by atoms with Gasteiger partial charge in [0.1, 0.15) is 0 Å². The maximum Gasteiger partial charge on any atom is 0.0963 e. The molecular weight excluding hydrogens is 534 g/mol. The van der Waals surface area contributed by atoms with Crippen LogP contribution in [0, 0.1) is 0 Å². The van der Waals surface area contributed by atoms with Crippen LogP contribution in [0.2, 0.25) is 0 Å². The van der Waals surface area contributed by atoms with Crippen molar-refractivity contribution in [2.24, 2.45) is 0 Å². The molecule has 0 aliphatic rings. The monoisotopic (exact) mass is 553 g/mol. The summed E-state index contributed by atoms with van der Waals surface area (Å²) < 4.78 is 3.30. The first-order valence-corrected chi connectivity index (χ1v) is 13.0. The number of halogens is 1. The molecule has 5 nitrogen and oxygen atoms in total. The average molecular weight is 554 g/mol. The van der Waals surface area contributed by atoms with Crippen LogP contribution in [-0.2, 0) is 0 Å². The van der Waals surface area contributed by atoms with Crippen LogP contribution in [0.5, 0.6) is 0 Å². The first-order valence-electron chi connectivity index (χ1n) is 12.2. The molecule has 0 bridgehead atoms. The van der Waals surface area contributed by atoms with E-state index >= 15 is 0 Å². The van der Waals surface area contributed by atoms with Crippen molar-refractivity contribution < 1.29 is 0 Å². The number of aromatic nitrogens is 5. The Hall–Kier alpha value is -4.68. The first-order chi connectivity index (χ1) is 18.7. The lowest BCUT2D eigenvalue weighted by Crippen LogP contribution is -1.95. The highest BCUT2D eigenvalue weighted by Gasteiger charge is 2.14. The van der Waals surface area contributed by atoms with Gasteiger partial charge in [-0.15, -0.1) is 0 Å². The number of pyridine rings is 4. The zero-order valence-corrected chi connectivity index (χ0v) is 21.7. The van der Waals surface area contributed by atoms with Gasteiger partial charge in [-0.1, -0.05) is 40.2 Å². The van der Waals surface area contributed by atoms with Crippen LogP contribution in [0.4, 0.5) is 0 Å². The highest BCUT2D eigenvalue weighted by atomic mass is 79.9. The van der Waals surface area contributed by atoms with Crippen molar-refractivity contribution in [1.82, 2.24) is 24.5 Å². The zero-order chi connectivity index (χ0) is 25.5. The van der Waals surface area contributed by atoms with Crippen molar-refractivity contribution in [2.75, 3.05) is 0 Å². The molecule has 7 aromatic rings. The standard InChI is InChI=1S/C32H20BrN5/c33-23-11-14-25-31(20-23)38(30-8-5-17-36-32(25)30)24-12-9-21(10-13-24)22-18-28(26-6-1-3-15-34-26)37-29(19-22)27-7-2-4-16-35-27/h1-20H. The average Bonchev–Trinajstić information content (AvgIpc) is 3.31. The van der Waals surface area contributed by atoms with Gasteiger partial charge in [0.2, 0.25) is 0 Å². The number of hydrogen-bond donors (Lipinski definition) is 0. The third kappa shape index (κ3) is 3.96.